The average molecular weight is 177 g/mol. The smallest absolute Gasteiger partial charge is 0.0853 e. The van der Waals surface area contributed by atoms with Crippen LogP contribution in [0, 0.1) is 0 Å². The first kappa shape index (κ1) is 9.74. The molecule has 0 aliphatic heterocycles. The standard InChI is InChI=1S/C10H15N3/c1-11-7-8-13-10-6-4-3-5-9(10)12-2/h3-6,11,13H,2,7-8H2,1H3. The highest BCUT2D eigenvalue weighted by molar-refractivity contribution is 5.67. The van der Waals surface area contributed by atoms with Crippen LogP contribution in [0.2, 0.25) is 0 Å². The van der Waals surface area contributed by atoms with Gasteiger partial charge in [-0.15, -0.1) is 0 Å². The maximum Gasteiger partial charge on any atom is 0.0853 e. The number of nitrogens with zero attached hydrogens (tertiary/aromatic N) is 1. The van der Waals surface area contributed by atoms with E-state index in [2.05, 4.69) is 22.3 Å². The molecule has 0 aliphatic carbocycles. The third kappa shape index (κ3) is 2.87. The van der Waals surface area contributed by atoms with Gasteiger partial charge in [0.15, 0.2) is 0 Å². The van der Waals surface area contributed by atoms with E-state index in [0.29, 0.717) is 0 Å². The van der Waals surface area contributed by atoms with E-state index >= 15 is 0 Å². The largest absolute Gasteiger partial charge is 0.382 e. The van der Waals surface area contributed by atoms with Gasteiger partial charge in [0.1, 0.15) is 0 Å². The van der Waals surface area contributed by atoms with Gasteiger partial charge in [-0.1, -0.05) is 12.1 Å². The summed E-state index contributed by atoms with van der Waals surface area (Å²) in [6.45, 7) is 5.34. The van der Waals surface area contributed by atoms with Crippen molar-refractivity contribution in [2.75, 3.05) is 25.5 Å². The minimum absolute atomic E-state index is 0.892. The molecule has 1 rings (SSSR count). The Balaban J connectivity index is 2.59. The fourth-order valence-electron chi connectivity index (χ4n) is 1.08. The first-order valence-electron chi connectivity index (χ1n) is 4.32. The number of nitrogens with one attached hydrogen (secondary N) is 2. The maximum atomic E-state index is 3.92. The monoisotopic (exact) mass is 177 g/mol. The molecule has 3 nitrogen and oxygen atoms in total. The van der Waals surface area contributed by atoms with Gasteiger partial charge < -0.3 is 10.6 Å². The number of aliphatic imine (C=N–C) groups is 1. The van der Waals surface area contributed by atoms with Crippen LogP contribution in [0.25, 0.3) is 0 Å². The molecule has 0 unspecified atom stereocenters. The van der Waals surface area contributed by atoms with Gasteiger partial charge in [0.25, 0.3) is 0 Å². The molecule has 0 saturated heterocycles. The van der Waals surface area contributed by atoms with Gasteiger partial charge in [-0.2, -0.15) is 0 Å². The molecule has 70 valence electrons. The van der Waals surface area contributed by atoms with Crippen molar-refractivity contribution in [3.63, 3.8) is 0 Å². The lowest BCUT2D eigenvalue weighted by molar-refractivity contribution is 0.824. The van der Waals surface area contributed by atoms with E-state index in [-0.39, 0.29) is 0 Å². The Labute approximate surface area is 78.9 Å². The Morgan fingerprint density at radius 3 is 2.77 bits per heavy atom. The second-order valence-corrected chi connectivity index (χ2v) is 2.71. The van der Waals surface area contributed by atoms with E-state index in [0.717, 1.165) is 24.5 Å². The molecule has 1 aromatic rings. The highest BCUT2D eigenvalue weighted by Crippen LogP contribution is 2.22. The van der Waals surface area contributed by atoms with Crippen LogP contribution in [0.4, 0.5) is 11.4 Å². The summed E-state index contributed by atoms with van der Waals surface area (Å²) in [6, 6.07) is 7.87. The van der Waals surface area contributed by atoms with Crippen molar-refractivity contribution in [2.24, 2.45) is 4.99 Å². The van der Waals surface area contributed by atoms with Gasteiger partial charge in [-0.25, -0.2) is 0 Å². The lowest BCUT2D eigenvalue weighted by Crippen LogP contribution is -2.17. The molecular formula is C10H15N3. The third-order valence-electron chi connectivity index (χ3n) is 1.76. The van der Waals surface area contributed by atoms with Crippen LogP contribution in [0.5, 0.6) is 0 Å². The lowest BCUT2D eigenvalue weighted by Gasteiger charge is -2.07. The fourth-order valence-corrected chi connectivity index (χ4v) is 1.08. The van der Waals surface area contributed by atoms with Crippen LogP contribution in [0.1, 0.15) is 0 Å². The summed E-state index contributed by atoms with van der Waals surface area (Å²) in [5.41, 5.74) is 1.94. The van der Waals surface area contributed by atoms with E-state index in [4.69, 9.17) is 0 Å². The predicted octanol–water partition coefficient (Wildman–Crippen LogP) is 1.65. The molecule has 2 N–H and O–H groups in total. The van der Waals surface area contributed by atoms with E-state index in [1.807, 2.05) is 31.3 Å². The molecular weight excluding hydrogens is 162 g/mol. The number of hydrogen-bond donors (Lipinski definition) is 2. The summed E-state index contributed by atoms with van der Waals surface area (Å²) in [6.07, 6.45) is 0. The molecule has 0 amide bonds. The first-order chi connectivity index (χ1) is 6.38. The fraction of sp³-hybridized carbons (Fsp3) is 0.300. The first-order valence-corrected chi connectivity index (χ1v) is 4.32. The van der Waals surface area contributed by atoms with E-state index in [9.17, 15) is 0 Å². The zero-order valence-electron chi connectivity index (χ0n) is 7.88. The van der Waals surface area contributed by atoms with E-state index < -0.39 is 0 Å². The Morgan fingerprint density at radius 2 is 2.08 bits per heavy atom. The summed E-state index contributed by atoms with van der Waals surface area (Å²) in [4.78, 5) is 3.92. The minimum Gasteiger partial charge on any atom is -0.382 e. The van der Waals surface area contributed by atoms with Crippen molar-refractivity contribution >= 4 is 18.1 Å². The number of likely N-dealkylation sites (N-methyl/N-ethyl adjacent to an activating group) is 1. The summed E-state index contributed by atoms with van der Waals surface area (Å²) in [7, 11) is 1.93. The van der Waals surface area contributed by atoms with Gasteiger partial charge in [0, 0.05) is 13.1 Å². The second kappa shape index (κ2) is 5.32. The van der Waals surface area contributed by atoms with Crippen LogP contribution in [0.3, 0.4) is 0 Å². The molecule has 0 heterocycles. The Hall–Kier alpha value is -1.35. The second-order valence-electron chi connectivity index (χ2n) is 2.71. The number of rotatable bonds is 5. The van der Waals surface area contributed by atoms with Gasteiger partial charge in [0.2, 0.25) is 0 Å². The predicted molar refractivity (Wildman–Crippen MR) is 58.1 cm³/mol. The molecule has 1 aromatic carbocycles. The minimum atomic E-state index is 0.892. The molecule has 0 atom stereocenters. The SMILES string of the molecule is C=Nc1ccccc1NCCNC. The van der Waals surface area contributed by atoms with Crippen LogP contribution < -0.4 is 10.6 Å². The zero-order chi connectivity index (χ0) is 9.52. The highest BCUT2D eigenvalue weighted by Gasteiger charge is 1.96. The normalized spacial score (nSPS) is 9.62. The van der Waals surface area contributed by atoms with Crippen molar-refractivity contribution in [2.45, 2.75) is 0 Å². The average Bonchev–Trinajstić information content (AvgIpc) is 2.19. The van der Waals surface area contributed by atoms with Crippen molar-refractivity contribution in [3.8, 4) is 0 Å². The quantitative estimate of drug-likeness (QED) is 0.530. The van der Waals surface area contributed by atoms with Crippen molar-refractivity contribution in [1.82, 2.24) is 5.32 Å². The van der Waals surface area contributed by atoms with Crippen molar-refractivity contribution in [1.29, 1.82) is 0 Å². The van der Waals surface area contributed by atoms with Crippen LogP contribution in [-0.4, -0.2) is 26.9 Å². The number of para-hydroxylation sites is 2. The highest BCUT2D eigenvalue weighted by atomic mass is 14.9. The molecule has 13 heavy (non-hydrogen) atoms. The van der Waals surface area contributed by atoms with Gasteiger partial charge >= 0.3 is 0 Å². The molecule has 0 radical (unpaired) electrons. The van der Waals surface area contributed by atoms with Gasteiger partial charge in [0.05, 0.1) is 11.4 Å². The summed E-state index contributed by atoms with van der Waals surface area (Å²) in [5, 5.41) is 6.34. The van der Waals surface area contributed by atoms with Gasteiger partial charge in [-0.05, 0) is 25.9 Å². The maximum absolute atomic E-state index is 3.92. The summed E-state index contributed by atoms with van der Waals surface area (Å²) < 4.78 is 0. The van der Waals surface area contributed by atoms with Gasteiger partial charge in [-0.3, -0.25) is 4.99 Å². The zero-order valence-corrected chi connectivity index (χ0v) is 7.88. The molecule has 0 spiro atoms. The third-order valence-corrected chi connectivity index (χ3v) is 1.76. The number of anilines is 1. The number of benzene rings is 1. The van der Waals surface area contributed by atoms with Crippen molar-refractivity contribution < 1.29 is 0 Å². The molecule has 0 fully saturated rings. The molecule has 0 bridgehead atoms. The topological polar surface area (TPSA) is 36.4 Å². The van der Waals surface area contributed by atoms with E-state index in [1.165, 1.54) is 0 Å². The number of hydrogen-bond acceptors (Lipinski definition) is 3. The summed E-state index contributed by atoms with van der Waals surface area (Å²) in [5.74, 6) is 0. The molecule has 0 aliphatic rings. The van der Waals surface area contributed by atoms with E-state index in [1.54, 1.807) is 0 Å². The Morgan fingerprint density at radius 1 is 1.31 bits per heavy atom. The van der Waals surface area contributed by atoms with Crippen molar-refractivity contribution in [3.05, 3.63) is 24.3 Å². The molecule has 0 saturated carbocycles. The molecule has 3 heteroatoms. The summed E-state index contributed by atoms with van der Waals surface area (Å²) >= 11 is 0. The van der Waals surface area contributed by atoms with Crippen LogP contribution in [-0.2, 0) is 0 Å². The Kier molecular flexibility index (Phi) is 3.99. The van der Waals surface area contributed by atoms with Crippen LogP contribution >= 0.6 is 0 Å². The van der Waals surface area contributed by atoms with Crippen LogP contribution in [0.15, 0.2) is 29.3 Å². The lowest BCUT2D eigenvalue weighted by atomic mass is 10.2. The Bertz CT molecular complexity index is 271. The molecule has 0 aromatic heterocycles.